The molecule has 1 aliphatic carbocycles. The minimum atomic E-state index is -0.120. The molecular formula is C51H33N3O. The summed E-state index contributed by atoms with van der Waals surface area (Å²) in [6.07, 6.45) is 0. The van der Waals surface area contributed by atoms with E-state index in [1.807, 2.05) is 0 Å². The first-order chi connectivity index (χ1) is 27.0. The van der Waals surface area contributed by atoms with Crippen molar-refractivity contribution in [3.63, 3.8) is 0 Å². The Balaban J connectivity index is 1.15. The third-order valence-electron chi connectivity index (χ3n) is 12.0. The summed E-state index contributed by atoms with van der Waals surface area (Å²) in [6, 6.07) is 58.5. The van der Waals surface area contributed by atoms with E-state index in [4.69, 9.17) is 14.4 Å². The Labute approximate surface area is 316 Å². The van der Waals surface area contributed by atoms with E-state index in [9.17, 15) is 0 Å². The summed E-state index contributed by atoms with van der Waals surface area (Å²) < 4.78 is 9.04. The van der Waals surface area contributed by atoms with Crippen molar-refractivity contribution in [1.82, 2.24) is 14.5 Å². The summed E-state index contributed by atoms with van der Waals surface area (Å²) in [5.74, 6) is 0.644. The first-order valence-electron chi connectivity index (χ1n) is 18.9. The average molecular weight is 704 g/mol. The lowest BCUT2D eigenvalue weighted by molar-refractivity contribution is 0.660. The van der Waals surface area contributed by atoms with Gasteiger partial charge in [-0.25, -0.2) is 9.97 Å². The first-order valence-corrected chi connectivity index (χ1v) is 18.9. The van der Waals surface area contributed by atoms with Crippen molar-refractivity contribution in [2.75, 3.05) is 0 Å². The van der Waals surface area contributed by atoms with E-state index in [2.05, 4.69) is 182 Å². The van der Waals surface area contributed by atoms with Crippen LogP contribution in [0.1, 0.15) is 25.0 Å². The van der Waals surface area contributed by atoms with E-state index >= 15 is 0 Å². The van der Waals surface area contributed by atoms with E-state index in [0.29, 0.717) is 5.95 Å². The van der Waals surface area contributed by atoms with Gasteiger partial charge in [0.15, 0.2) is 0 Å². The second-order valence-electron chi connectivity index (χ2n) is 15.3. The normalized spacial score (nSPS) is 13.4. The van der Waals surface area contributed by atoms with Gasteiger partial charge in [0.2, 0.25) is 5.95 Å². The van der Waals surface area contributed by atoms with Gasteiger partial charge in [0, 0.05) is 43.3 Å². The van der Waals surface area contributed by atoms with Crippen LogP contribution in [0.5, 0.6) is 0 Å². The van der Waals surface area contributed by atoms with Crippen LogP contribution >= 0.6 is 0 Å². The molecule has 0 fully saturated rings. The number of aromatic nitrogens is 3. The number of benzene rings is 8. The Kier molecular flexibility index (Phi) is 6.09. The van der Waals surface area contributed by atoms with Gasteiger partial charge in [-0.1, -0.05) is 141 Å². The van der Waals surface area contributed by atoms with Gasteiger partial charge < -0.3 is 4.42 Å². The highest BCUT2D eigenvalue weighted by atomic mass is 16.3. The zero-order valence-corrected chi connectivity index (χ0v) is 30.3. The van der Waals surface area contributed by atoms with E-state index < -0.39 is 0 Å². The van der Waals surface area contributed by atoms with Crippen molar-refractivity contribution in [2.45, 2.75) is 19.3 Å². The van der Waals surface area contributed by atoms with E-state index in [1.54, 1.807) is 0 Å². The van der Waals surface area contributed by atoms with Gasteiger partial charge in [0.05, 0.1) is 22.2 Å². The Morgan fingerprint density at radius 2 is 1.18 bits per heavy atom. The van der Waals surface area contributed by atoms with Gasteiger partial charge in [-0.2, -0.15) is 0 Å². The van der Waals surface area contributed by atoms with Crippen LogP contribution in [0, 0.1) is 0 Å². The van der Waals surface area contributed by atoms with Gasteiger partial charge in [-0.05, 0) is 75.2 Å². The van der Waals surface area contributed by atoms with Crippen LogP contribution < -0.4 is 0 Å². The lowest BCUT2D eigenvalue weighted by Crippen LogP contribution is -2.15. The summed E-state index contributed by atoms with van der Waals surface area (Å²) in [5.41, 5.74) is 14.3. The van der Waals surface area contributed by atoms with E-state index in [0.717, 1.165) is 71.3 Å². The highest BCUT2D eigenvalue weighted by molar-refractivity contribution is 6.30. The van der Waals surface area contributed by atoms with Crippen LogP contribution in [0.4, 0.5) is 0 Å². The predicted octanol–water partition coefficient (Wildman–Crippen LogP) is 13.4. The van der Waals surface area contributed by atoms with Crippen LogP contribution in [-0.4, -0.2) is 14.5 Å². The van der Waals surface area contributed by atoms with Crippen LogP contribution in [0.2, 0.25) is 0 Å². The second kappa shape index (κ2) is 11.0. The second-order valence-corrected chi connectivity index (χ2v) is 15.3. The maximum absolute atomic E-state index is 6.80. The standard InChI is InChI=1S/C51H33N3O/c1-51(2)40-21-11-8-17-33(40)34-25-24-31(28-41(34)51)48-36-19-9-12-22-42(36)52-50(53-48)54-43-23-13-10-20-37(43)46-44(54)26-27-45-47(46)39-29-38(30-14-4-3-5-15-30)32-16-6-7-18-35(32)49(39)55-45/h3-29H,1-2H3. The molecule has 55 heavy (non-hydrogen) atoms. The van der Waals surface area contributed by atoms with Crippen LogP contribution in [0.25, 0.3) is 105 Å². The molecule has 0 atom stereocenters. The number of nitrogens with zero attached hydrogens (tertiary/aromatic N) is 3. The minimum absolute atomic E-state index is 0.120. The van der Waals surface area contributed by atoms with E-state index in [-0.39, 0.29) is 5.41 Å². The molecule has 0 spiro atoms. The predicted molar refractivity (Wildman–Crippen MR) is 227 cm³/mol. The van der Waals surface area contributed by atoms with Crippen molar-refractivity contribution in [3.05, 3.63) is 175 Å². The molecule has 0 radical (unpaired) electrons. The van der Waals surface area contributed by atoms with Gasteiger partial charge in [0.25, 0.3) is 0 Å². The van der Waals surface area contributed by atoms with Gasteiger partial charge >= 0.3 is 0 Å². The Hall–Kier alpha value is -7.04. The van der Waals surface area contributed by atoms with Crippen LogP contribution in [-0.2, 0) is 5.41 Å². The number of hydrogen-bond donors (Lipinski definition) is 0. The first kappa shape index (κ1) is 30.4. The molecule has 258 valence electrons. The average Bonchev–Trinajstić information content (AvgIpc) is 3.86. The number of furan rings is 1. The lowest BCUT2D eigenvalue weighted by atomic mass is 9.82. The maximum atomic E-state index is 6.80. The fourth-order valence-electron chi connectivity index (χ4n) is 9.46. The molecule has 0 bridgehead atoms. The van der Waals surface area contributed by atoms with Crippen molar-refractivity contribution in [2.24, 2.45) is 0 Å². The summed E-state index contributed by atoms with van der Waals surface area (Å²) >= 11 is 0. The number of para-hydroxylation sites is 2. The summed E-state index contributed by atoms with van der Waals surface area (Å²) in [5, 5.41) is 7.79. The molecule has 0 saturated carbocycles. The molecular weight excluding hydrogens is 671 g/mol. The number of fused-ring (bicyclic) bond motifs is 13. The highest BCUT2D eigenvalue weighted by Crippen LogP contribution is 2.50. The van der Waals surface area contributed by atoms with Crippen molar-refractivity contribution >= 4 is 65.4 Å². The van der Waals surface area contributed by atoms with Gasteiger partial charge in [0.1, 0.15) is 11.2 Å². The third-order valence-corrected chi connectivity index (χ3v) is 12.0. The molecule has 4 heteroatoms. The molecule has 0 amide bonds. The van der Waals surface area contributed by atoms with Crippen molar-refractivity contribution in [3.8, 4) is 39.5 Å². The highest BCUT2D eigenvalue weighted by Gasteiger charge is 2.35. The molecule has 4 nitrogen and oxygen atoms in total. The summed E-state index contributed by atoms with van der Waals surface area (Å²) in [7, 11) is 0. The largest absolute Gasteiger partial charge is 0.455 e. The number of hydrogen-bond acceptors (Lipinski definition) is 3. The third kappa shape index (κ3) is 4.17. The molecule has 12 rings (SSSR count). The maximum Gasteiger partial charge on any atom is 0.235 e. The molecule has 0 aliphatic heterocycles. The summed E-state index contributed by atoms with van der Waals surface area (Å²) in [4.78, 5) is 10.8. The molecule has 11 aromatic rings. The zero-order valence-electron chi connectivity index (χ0n) is 30.3. The Morgan fingerprint density at radius 3 is 2.05 bits per heavy atom. The molecule has 8 aromatic carbocycles. The quantitative estimate of drug-likeness (QED) is 0.184. The zero-order chi connectivity index (χ0) is 36.4. The van der Waals surface area contributed by atoms with E-state index in [1.165, 1.54) is 38.8 Å². The van der Waals surface area contributed by atoms with Crippen LogP contribution in [0.3, 0.4) is 0 Å². The fourth-order valence-corrected chi connectivity index (χ4v) is 9.46. The minimum Gasteiger partial charge on any atom is -0.455 e. The molecule has 0 N–H and O–H groups in total. The monoisotopic (exact) mass is 703 g/mol. The SMILES string of the molecule is CC1(C)c2ccccc2-c2ccc(-c3nc(-n4c5ccccc5c5c6c(ccc54)oc4c5ccccc5c(-c5ccccc5)cc46)nc4ccccc34)cc21. The summed E-state index contributed by atoms with van der Waals surface area (Å²) in [6.45, 7) is 4.66. The van der Waals surface area contributed by atoms with Crippen molar-refractivity contribution in [1.29, 1.82) is 0 Å². The smallest absolute Gasteiger partial charge is 0.235 e. The molecule has 3 aromatic heterocycles. The molecule has 1 aliphatic rings. The molecule has 3 heterocycles. The molecule has 0 unspecified atom stereocenters. The molecule has 0 saturated heterocycles. The Bertz CT molecular complexity index is 3400. The lowest BCUT2D eigenvalue weighted by Gasteiger charge is -2.22. The van der Waals surface area contributed by atoms with Gasteiger partial charge in [-0.3, -0.25) is 4.57 Å². The fraction of sp³-hybridized carbons (Fsp3) is 0.0588. The van der Waals surface area contributed by atoms with Gasteiger partial charge in [-0.15, -0.1) is 0 Å². The number of rotatable bonds is 3. The van der Waals surface area contributed by atoms with Crippen LogP contribution in [0.15, 0.2) is 168 Å². The topological polar surface area (TPSA) is 43.9 Å². The van der Waals surface area contributed by atoms with Crippen molar-refractivity contribution < 1.29 is 4.42 Å². The Morgan fingerprint density at radius 1 is 0.473 bits per heavy atom.